The van der Waals surface area contributed by atoms with Crippen molar-refractivity contribution in [3.63, 3.8) is 0 Å². The molecule has 1 aliphatic rings. The zero-order chi connectivity index (χ0) is 15.9. The van der Waals surface area contributed by atoms with Crippen LogP contribution in [0.2, 0.25) is 0 Å². The first kappa shape index (κ1) is 15.4. The molecule has 1 aromatic carbocycles. The number of hydrogen-bond donors (Lipinski definition) is 1. The maximum absolute atomic E-state index is 14.2. The molecule has 0 radical (unpaired) electrons. The molecule has 2 rings (SSSR count). The molecule has 1 fully saturated rings. The molecule has 0 saturated carbocycles. The minimum absolute atomic E-state index is 0.149. The normalized spacial score (nSPS) is 26.0. The van der Waals surface area contributed by atoms with E-state index in [0.717, 1.165) is 17.0 Å². The molecule has 1 heterocycles. The van der Waals surface area contributed by atoms with Crippen LogP contribution < -0.4 is 10.2 Å². The summed E-state index contributed by atoms with van der Waals surface area (Å²) in [6.07, 6.45) is 0.358. The van der Waals surface area contributed by atoms with Crippen molar-refractivity contribution in [1.29, 1.82) is 0 Å². The van der Waals surface area contributed by atoms with Crippen molar-refractivity contribution in [3.8, 4) is 0 Å². The van der Waals surface area contributed by atoms with Crippen molar-refractivity contribution in [2.75, 3.05) is 4.90 Å². The molecular formula is C15H18F2N2O2. The Morgan fingerprint density at radius 3 is 2.48 bits per heavy atom. The van der Waals surface area contributed by atoms with E-state index in [1.807, 2.05) is 0 Å². The van der Waals surface area contributed by atoms with Crippen molar-refractivity contribution in [2.45, 2.75) is 45.7 Å². The summed E-state index contributed by atoms with van der Waals surface area (Å²) in [5.41, 5.74) is -1.17. The molecule has 6 heteroatoms. The molecule has 0 bridgehead atoms. The first-order chi connectivity index (χ1) is 9.71. The predicted molar refractivity (Wildman–Crippen MR) is 74.9 cm³/mol. The van der Waals surface area contributed by atoms with Crippen LogP contribution in [0.5, 0.6) is 0 Å². The second-order valence-electron chi connectivity index (χ2n) is 5.58. The average molecular weight is 296 g/mol. The molecule has 0 aromatic heterocycles. The molecule has 114 valence electrons. The number of amides is 2. The molecule has 1 N–H and O–H groups in total. The standard InChI is InChI=1S/C15H18F2N2O2/c1-5-15(4)14(21)19(9(3)13(20)18-15)12-7-10(16)8(2)6-11(12)17/h6-7,9H,5H2,1-4H3,(H,18,20). The molecule has 1 aromatic rings. The molecular weight excluding hydrogens is 278 g/mol. The van der Waals surface area contributed by atoms with Gasteiger partial charge in [0.15, 0.2) is 0 Å². The highest BCUT2D eigenvalue weighted by molar-refractivity contribution is 6.10. The van der Waals surface area contributed by atoms with Gasteiger partial charge in [-0.1, -0.05) is 6.92 Å². The molecule has 2 atom stereocenters. The van der Waals surface area contributed by atoms with Crippen molar-refractivity contribution < 1.29 is 18.4 Å². The van der Waals surface area contributed by atoms with Gasteiger partial charge in [-0.25, -0.2) is 8.78 Å². The van der Waals surface area contributed by atoms with Crippen molar-refractivity contribution in [1.82, 2.24) is 5.32 Å². The topological polar surface area (TPSA) is 49.4 Å². The third kappa shape index (κ3) is 2.39. The van der Waals surface area contributed by atoms with E-state index < -0.39 is 29.1 Å². The Labute approximate surface area is 122 Å². The van der Waals surface area contributed by atoms with Gasteiger partial charge >= 0.3 is 0 Å². The number of nitrogens with zero attached hydrogens (tertiary/aromatic N) is 1. The number of halogens is 2. The summed E-state index contributed by atoms with van der Waals surface area (Å²) in [6, 6.07) is 1.10. The third-order valence-electron chi connectivity index (χ3n) is 4.05. The minimum Gasteiger partial charge on any atom is -0.340 e. The summed E-state index contributed by atoms with van der Waals surface area (Å²) < 4.78 is 27.9. The number of aryl methyl sites for hydroxylation is 1. The number of nitrogens with one attached hydrogen (secondary N) is 1. The second-order valence-corrected chi connectivity index (χ2v) is 5.58. The predicted octanol–water partition coefficient (Wildman–Crippen LogP) is 2.29. The number of piperazine rings is 1. The van der Waals surface area contributed by atoms with E-state index >= 15 is 0 Å². The first-order valence-corrected chi connectivity index (χ1v) is 6.82. The Hall–Kier alpha value is -1.98. The Kier molecular flexibility index (Phi) is 3.74. The van der Waals surface area contributed by atoms with Gasteiger partial charge < -0.3 is 5.32 Å². The summed E-state index contributed by atoms with van der Waals surface area (Å²) >= 11 is 0. The van der Waals surface area contributed by atoms with E-state index in [9.17, 15) is 18.4 Å². The van der Waals surface area contributed by atoms with Gasteiger partial charge in [-0.3, -0.25) is 14.5 Å². The van der Waals surface area contributed by atoms with Crippen LogP contribution in [0, 0.1) is 18.6 Å². The van der Waals surface area contributed by atoms with Gasteiger partial charge in [-0.05, 0) is 38.8 Å². The molecule has 2 amide bonds. The monoisotopic (exact) mass is 296 g/mol. The van der Waals surface area contributed by atoms with Gasteiger partial charge in [-0.2, -0.15) is 0 Å². The summed E-state index contributed by atoms with van der Waals surface area (Å²) in [5, 5.41) is 2.64. The Morgan fingerprint density at radius 2 is 1.90 bits per heavy atom. The SMILES string of the molecule is CCC1(C)NC(=O)C(C)N(c2cc(F)c(C)cc2F)C1=O. The van der Waals surface area contributed by atoms with E-state index in [-0.39, 0.29) is 17.2 Å². The highest BCUT2D eigenvalue weighted by Crippen LogP contribution is 2.30. The highest BCUT2D eigenvalue weighted by Gasteiger charge is 2.46. The van der Waals surface area contributed by atoms with Gasteiger partial charge in [0.2, 0.25) is 5.91 Å². The molecule has 4 nitrogen and oxygen atoms in total. The van der Waals surface area contributed by atoms with Crippen LogP contribution in [0.15, 0.2) is 12.1 Å². The van der Waals surface area contributed by atoms with E-state index in [2.05, 4.69) is 5.32 Å². The van der Waals surface area contributed by atoms with Crippen LogP contribution in [-0.4, -0.2) is 23.4 Å². The number of carbonyl (C=O) groups is 2. The zero-order valence-electron chi connectivity index (χ0n) is 12.5. The van der Waals surface area contributed by atoms with Crippen molar-refractivity contribution in [2.24, 2.45) is 0 Å². The fourth-order valence-electron chi connectivity index (χ4n) is 2.37. The maximum atomic E-state index is 14.2. The molecule has 0 aliphatic carbocycles. The molecule has 1 aliphatic heterocycles. The van der Waals surface area contributed by atoms with Crippen LogP contribution in [0.4, 0.5) is 14.5 Å². The second kappa shape index (κ2) is 5.09. The smallest absolute Gasteiger partial charge is 0.253 e. The van der Waals surface area contributed by atoms with Crippen LogP contribution >= 0.6 is 0 Å². The lowest BCUT2D eigenvalue weighted by molar-refractivity contribution is -0.137. The van der Waals surface area contributed by atoms with Gasteiger partial charge in [0, 0.05) is 6.07 Å². The fraction of sp³-hybridized carbons (Fsp3) is 0.467. The quantitative estimate of drug-likeness (QED) is 0.910. The van der Waals surface area contributed by atoms with Crippen LogP contribution in [-0.2, 0) is 9.59 Å². The lowest BCUT2D eigenvalue weighted by Crippen LogP contribution is -2.68. The van der Waals surface area contributed by atoms with Gasteiger partial charge in [0.25, 0.3) is 5.91 Å². The molecule has 21 heavy (non-hydrogen) atoms. The summed E-state index contributed by atoms with van der Waals surface area (Å²) in [6.45, 7) is 6.25. The lowest BCUT2D eigenvalue weighted by atomic mass is 9.91. The van der Waals surface area contributed by atoms with Crippen molar-refractivity contribution >= 4 is 17.5 Å². The van der Waals surface area contributed by atoms with Crippen molar-refractivity contribution in [3.05, 3.63) is 29.3 Å². The maximum Gasteiger partial charge on any atom is 0.253 e. The summed E-state index contributed by atoms with van der Waals surface area (Å²) in [4.78, 5) is 25.7. The Balaban J connectivity index is 2.57. The molecule has 0 spiro atoms. The van der Waals surface area contributed by atoms with E-state index in [0.29, 0.717) is 6.42 Å². The van der Waals surface area contributed by atoms with Gasteiger partial charge in [0.1, 0.15) is 23.2 Å². The van der Waals surface area contributed by atoms with Crippen LogP contribution in [0.1, 0.15) is 32.8 Å². The van der Waals surface area contributed by atoms with E-state index in [1.54, 1.807) is 13.8 Å². The Bertz CT molecular complexity index is 618. The summed E-state index contributed by atoms with van der Waals surface area (Å²) in [7, 11) is 0. The molecule has 1 saturated heterocycles. The van der Waals surface area contributed by atoms with Gasteiger partial charge in [0.05, 0.1) is 5.69 Å². The van der Waals surface area contributed by atoms with Crippen LogP contribution in [0.25, 0.3) is 0 Å². The number of anilines is 1. The summed E-state index contributed by atoms with van der Waals surface area (Å²) in [5.74, 6) is -2.17. The fourth-order valence-corrected chi connectivity index (χ4v) is 2.37. The Morgan fingerprint density at radius 1 is 1.29 bits per heavy atom. The molecule has 2 unspecified atom stereocenters. The first-order valence-electron chi connectivity index (χ1n) is 6.82. The average Bonchev–Trinajstić information content (AvgIpc) is 2.42. The third-order valence-corrected chi connectivity index (χ3v) is 4.05. The van der Waals surface area contributed by atoms with E-state index in [1.165, 1.54) is 13.8 Å². The number of hydrogen-bond acceptors (Lipinski definition) is 2. The minimum atomic E-state index is -1.11. The van der Waals surface area contributed by atoms with Gasteiger partial charge in [-0.15, -0.1) is 0 Å². The lowest BCUT2D eigenvalue weighted by Gasteiger charge is -2.43. The number of benzene rings is 1. The zero-order valence-corrected chi connectivity index (χ0v) is 12.5. The number of carbonyl (C=O) groups excluding carboxylic acids is 2. The van der Waals surface area contributed by atoms with E-state index in [4.69, 9.17) is 0 Å². The largest absolute Gasteiger partial charge is 0.340 e. The number of rotatable bonds is 2. The van der Waals surface area contributed by atoms with Crippen LogP contribution in [0.3, 0.4) is 0 Å². The highest BCUT2D eigenvalue weighted by atomic mass is 19.1.